The van der Waals surface area contributed by atoms with E-state index >= 15 is 0 Å². The number of carboxylic acid groups (broad SMARTS) is 1. The Kier molecular flexibility index (Phi) is 3.21. The maximum atomic E-state index is 10.9. The molecule has 13 heavy (non-hydrogen) atoms. The van der Waals surface area contributed by atoms with Gasteiger partial charge in [-0.25, -0.2) is 9.59 Å². The molecule has 1 aliphatic rings. The van der Waals surface area contributed by atoms with Gasteiger partial charge >= 0.3 is 11.9 Å². The molecule has 1 heterocycles. The highest BCUT2D eigenvalue weighted by Crippen LogP contribution is 2.08. The first-order valence-electron chi connectivity index (χ1n) is 3.69. The predicted molar refractivity (Wildman–Crippen MR) is 39.1 cm³/mol. The lowest BCUT2D eigenvalue weighted by Crippen LogP contribution is -2.44. The molecule has 0 amide bonds. The van der Waals surface area contributed by atoms with Crippen LogP contribution in [0.5, 0.6) is 0 Å². The van der Waals surface area contributed by atoms with Gasteiger partial charge in [0.2, 0.25) is 0 Å². The Morgan fingerprint density at radius 3 is 2.23 bits per heavy atom. The van der Waals surface area contributed by atoms with E-state index in [0.717, 1.165) is 0 Å². The van der Waals surface area contributed by atoms with Crippen LogP contribution in [-0.4, -0.2) is 49.6 Å². The summed E-state index contributed by atoms with van der Waals surface area (Å²) < 4.78 is 14.2. The molecule has 2 atom stereocenters. The van der Waals surface area contributed by atoms with Crippen LogP contribution in [0, 0.1) is 0 Å². The van der Waals surface area contributed by atoms with E-state index in [1.807, 2.05) is 0 Å². The smallest absolute Gasteiger partial charge is 0.337 e. The summed E-state index contributed by atoms with van der Waals surface area (Å²) in [4.78, 5) is 21.2. The number of esters is 1. The molecule has 1 fully saturated rings. The molecule has 0 saturated carbocycles. The summed E-state index contributed by atoms with van der Waals surface area (Å²) >= 11 is 0. The number of methoxy groups -OCH3 is 1. The molecule has 0 aromatic heterocycles. The van der Waals surface area contributed by atoms with Crippen LogP contribution in [0.1, 0.15) is 0 Å². The summed E-state index contributed by atoms with van der Waals surface area (Å²) in [7, 11) is 1.23. The molecule has 1 aliphatic heterocycles. The zero-order valence-electron chi connectivity index (χ0n) is 7.06. The lowest BCUT2D eigenvalue weighted by molar-refractivity contribution is -0.189. The fourth-order valence-corrected chi connectivity index (χ4v) is 0.913. The molecule has 0 bridgehead atoms. The van der Waals surface area contributed by atoms with E-state index in [4.69, 9.17) is 14.6 Å². The van der Waals surface area contributed by atoms with Crippen molar-refractivity contribution >= 4 is 11.9 Å². The average molecular weight is 190 g/mol. The van der Waals surface area contributed by atoms with Crippen molar-refractivity contribution in [3.63, 3.8) is 0 Å². The lowest BCUT2D eigenvalue weighted by atomic mass is 10.3. The Balaban J connectivity index is 2.39. The van der Waals surface area contributed by atoms with E-state index in [-0.39, 0.29) is 13.2 Å². The van der Waals surface area contributed by atoms with Crippen LogP contribution >= 0.6 is 0 Å². The number of hydrogen-bond acceptors (Lipinski definition) is 5. The summed E-state index contributed by atoms with van der Waals surface area (Å²) in [6.07, 6.45) is -1.79. The van der Waals surface area contributed by atoms with Crippen LogP contribution in [0.15, 0.2) is 0 Å². The standard InChI is InChI=1S/C7H10O6/c1-11-7(10)5-3-12-4(2-13-5)6(8)9/h4-5H,2-3H2,1H3,(H,8,9)/t4-,5-/m1/s1. The molecule has 0 aromatic rings. The Labute approximate surface area is 74.4 Å². The van der Waals surface area contributed by atoms with Crippen molar-refractivity contribution in [3.8, 4) is 0 Å². The molecule has 6 nitrogen and oxygen atoms in total. The monoisotopic (exact) mass is 190 g/mol. The first kappa shape index (κ1) is 9.94. The number of ether oxygens (including phenoxy) is 3. The van der Waals surface area contributed by atoms with E-state index in [0.29, 0.717) is 0 Å². The Morgan fingerprint density at radius 2 is 1.85 bits per heavy atom. The molecule has 0 radical (unpaired) electrons. The van der Waals surface area contributed by atoms with Gasteiger partial charge in [0.15, 0.2) is 12.2 Å². The summed E-state index contributed by atoms with van der Waals surface area (Å²) in [6, 6.07) is 0. The second kappa shape index (κ2) is 4.20. The molecule has 6 heteroatoms. The normalized spacial score (nSPS) is 28.1. The quantitative estimate of drug-likeness (QED) is 0.564. The minimum absolute atomic E-state index is 0.0797. The van der Waals surface area contributed by atoms with Gasteiger partial charge in [-0.1, -0.05) is 0 Å². The van der Waals surface area contributed by atoms with Gasteiger partial charge in [0, 0.05) is 0 Å². The highest BCUT2D eigenvalue weighted by atomic mass is 16.6. The molecule has 1 rings (SSSR count). The Morgan fingerprint density at radius 1 is 1.31 bits per heavy atom. The number of carbonyl (C=O) groups is 2. The SMILES string of the molecule is COC(=O)[C@H]1CO[C@@H](C(=O)O)CO1. The van der Waals surface area contributed by atoms with Crippen LogP contribution in [-0.2, 0) is 23.8 Å². The second-order valence-electron chi connectivity index (χ2n) is 2.51. The molecule has 1 saturated heterocycles. The van der Waals surface area contributed by atoms with E-state index in [9.17, 15) is 9.59 Å². The summed E-state index contributed by atoms with van der Waals surface area (Å²) in [5, 5.41) is 8.50. The van der Waals surface area contributed by atoms with Crippen molar-refractivity contribution in [2.75, 3.05) is 20.3 Å². The average Bonchev–Trinajstić information content (AvgIpc) is 2.17. The van der Waals surface area contributed by atoms with E-state index in [1.165, 1.54) is 7.11 Å². The minimum Gasteiger partial charge on any atom is -0.479 e. The highest BCUT2D eigenvalue weighted by Gasteiger charge is 2.31. The largest absolute Gasteiger partial charge is 0.479 e. The van der Waals surface area contributed by atoms with Gasteiger partial charge in [0.1, 0.15) is 0 Å². The first-order valence-corrected chi connectivity index (χ1v) is 3.69. The second-order valence-corrected chi connectivity index (χ2v) is 2.51. The van der Waals surface area contributed by atoms with E-state index in [2.05, 4.69) is 4.74 Å². The third-order valence-electron chi connectivity index (χ3n) is 1.64. The predicted octanol–water partition coefficient (Wildman–Crippen LogP) is -0.972. The van der Waals surface area contributed by atoms with Gasteiger partial charge in [0.05, 0.1) is 20.3 Å². The van der Waals surface area contributed by atoms with E-state index < -0.39 is 24.1 Å². The summed E-state index contributed by atoms with van der Waals surface area (Å²) in [5.74, 6) is -1.65. The Hall–Kier alpha value is -1.14. The van der Waals surface area contributed by atoms with Gasteiger partial charge in [-0.3, -0.25) is 0 Å². The highest BCUT2D eigenvalue weighted by molar-refractivity contribution is 5.76. The zero-order chi connectivity index (χ0) is 9.84. The van der Waals surface area contributed by atoms with Crippen LogP contribution in [0.25, 0.3) is 0 Å². The molecular weight excluding hydrogens is 180 g/mol. The lowest BCUT2D eigenvalue weighted by Gasteiger charge is -2.25. The van der Waals surface area contributed by atoms with Gasteiger partial charge in [-0.15, -0.1) is 0 Å². The molecule has 1 N–H and O–H groups in total. The van der Waals surface area contributed by atoms with Gasteiger partial charge in [-0.05, 0) is 0 Å². The molecule has 0 spiro atoms. The first-order chi connectivity index (χ1) is 6.15. The van der Waals surface area contributed by atoms with Gasteiger partial charge in [-0.2, -0.15) is 0 Å². The fourth-order valence-electron chi connectivity index (χ4n) is 0.913. The minimum atomic E-state index is -1.09. The fraction of sp³-hybridized carbons (Fsp3) is 0.714. The number of carbonyl (C=O) groups excluding carboxylic acids is 1. The third kappa shape index (κ3) is 2.40. The van der Waals surface area contributed by atoms with Gasteiger partial charge < -0.3 is 19.3 Å². The topological polar surface area (TPSA) is 82.1 Å². The van der Waals surface area contributed by atoms with E-state index in [1.54, 1.807) is 0 Å². The van der Waals surface area contributed by atoms with Gasteiger partial charge in [0.25, 0.3) is 0 Å². The van der Waals surface area contributed by atoms with Crippen LogP contribution in [0.2, 0.25) is 0 Å². The molecule has 74 valence electrons. The third-order valence-corrected chi connectivity index (χ3v) is 1.64. The number of rotatable bonds is 2. The Bertz CT molecular complexity index is 205. The van der Waals surface area contributed by atoms with Crippen LogP contribution in [0.3, 0.4) is 0 Å². The van der Waals surface area contributed by atoms with Crippen molar-refractivity contribution in [1.29, 1.82) is 0 Å². The number of hydrogen-bond donors (Lipinski definition) is 1. The molecule has 0 aliphatic carbocycles. The van der Waals surface area contributed by atoms with Crippen LogP contribution < -0.4 is 0 Å². The van der Waals surface area contributed by atoms with Crippen molar-refractivity contribution in [2.24, 2.45) is 0 Å². The van der Waals surface area contributed by atoms with Crippen molar-refractivity contribution in [3.05, 3.63) is 0 Å². The molecule has 0 aromatic carbocycles. The molecular formula is C7H10O6. The summed E-state index contributed by atoms with van der Waals surface area (Å²) in [6.45, 7) is -0.210. The van der Waals surface area contributed by atoms with Crippen molar-refractivity contribution < 1.29 is 28.9 Å². The van der Waals surface area contributed by atoms with Crippen LogP contribution in [0.4, 0.5) is 0 Å². The molecule has 0 unspecified atom stereocenters. The van der Waals surface area contributed by atoms with Crippen molar-refractivity contribution in [1.82, 2.24) is 0 Å². The summed E-state index contributed by atoms with van der Waals surface area (Å²) in [5.41, 5.74) is 0. The maximum absolute atomic E-state index is 10.9. The number of aliphatic carboxylic acids is 1. The van der Waals surface area contributed by atoms with Crippen molar-refractivity contribution in [2.45, 2.75) is 12.2 Å². The maximum Gasteiger partial charge on any atom is 0.337 e. The zero-order valence-corrected chi connectivity index (χ0v) is 7.06. The number of carboxylic acids is 1.